The number of benzene rings is 1. The van der Waals surface area contributed by atoms with Gasteiger partial charge in [-0.2, -0.15) is 0 Å². The van der Waals surface area contributed by atoms with Crippen molar-refractivity contribution in [1.29, 1.82) is 0 Å². The van der Waals surface area contributed by atoms with Crippen molar-refractivity contribution in [2.24, 2.45) is 5.92 Å². The molecule has 158 valence electrons. The van der Waals surface area contributed by atoms with Crippen molar-refractivity contribution >= 4 is 18.0 Å². The van der Waals surface area contributed by atoms with E-state index in [2.05, 4.69) is 37.8 Å². The Morgan fingerprint density at radius 3 is 2.28 bits per heavy atom. The van der Waals surface area contributed by atoms with Crippen molar-refractivity contribution in [3.8, 4) is 0 Å². The van der Waals surface area contributed by atoms with E-state index in [9.17, 15) is 9.59 Å². The van der Waals surface area contributed by atoms with Gasteiger partial charge in [-0.3, -0.25) is 0 Å². The fraction of sp³-hybridized carbons (Fsp3) is 0.520. The maximum Gasteiger partial charge on any atom is 0.330 e. The molecule has 0 unspecified atom stereocenters. The fourth-order valence-electron chi connectivity index (χ4n) is 3.90. The number of carbonyl (C=O) groups excluding carboxylic acids is 2. The van der Waals surface area contributed by atoms with Gasteiger partial charge in [-0.1, -0.05) is 63.5 Å². The first-order chi connectivity index (χ1) is 14.1. The average molecular weight is 399 g/mol. The van der Waals surface area contributed by atoms with Crippen molar-refractivity contribution in [2.75, 3.05) is 13.2 Å². The molecule has 0 aliphatic heterocycles. The Morgan fingerprint density at radius 2 is 1.66 bits per heavy atom. The summed E-state index contributed by atoms with van der Waals surface area (Å²) in [6.45, 7) is 5.62. The summed E-state index contributed by atoms with van der Waals surface area (Å²) in [6, 6.07) is 8.47. The van der Waals surface area contributed by atoms with Crippen LogP contribution in [-0.2, 0) is 19.1 Å². The van der Waals surface area contributed by atoms with Gasteiger partial charge in [0.2, 0.25) is 0 Å². The lowest BCUT2D eigenvalue weighted by molar-refractivity contribution is -0.145. The molecule has 1 aliphatic carbocycles. The van der Waals surface area contributed by atoms with Crippen LogP contribution in [0.4, 0.5) is 0 Å². The van der Waals surface area contributed by atoms with Gasteiger partial charge < -0.3 is 9.47 Å². The Labute approximate surface area is 175 Å². The third-order valence-electron chi connectivity index (χ3n) is 5.62. The predicted octanol–water partition coefficient (Wildman–Crippen LogP) is 5.83. The monoisotopic (exact) mass is 398 g/mol. The zero-order valence-electron chi connectivity index (χ0n) is 17.6. The van der Waals surface area contributed by atoms with Gasteiger partial charge in [0.05, 0.1) is 0 Å². The lowest BCUT2D eigenvalue weighted by atomic mass is 9.77. The van der Waals surface area contributed by atoms with Crippen LogP contribution in [-0.4, -0.2) is 25.2 Å². The number of esters is 2. The summed E-state index contributed by atoms with van der Waals surface area (Å²) in [5.41, 5.74) is 2.37. The van der Waals surface area contributed by atoms with Gasteiger partial charge in [0.25, 0.3) is 0 Å². The second-order valence-corrected chi connectivity index (χ2v) is 7.75. The first kappa shape index (κ1) is 22.9. The first-order valence-electron chi connectivity index (χ1n) is 10.9. The third-order valence-corrected chi connectivity index (χ3v) is 5.62. The minimum absolute atomic E-state index is 0.0278. The Hall–Kier alpha value is -2.36. The molecule has 1 fully saturated rings. The highest BCUT2D eigenvalue weighted by atomic mass is 16.6. The molecular formula is C25H34O4. The van der Waals surface area contributed by atoms with E-state index in [0.29, 0.717) is 5.92 Å². The summed E-state index contributed by atoms with van der Waals surface area (Å²) < 4.78 is 9.73. The second-order valence-electron chi connectivity index (χ2n) is 7.75. The molecule has 1 aromatic carbocycles. The number of unbranched alkanes of at least 4 members (excludes halogenated alkanes) is 2. The minimum atomic E-state index is -0.526. The molecule has 0 amide bonds. The van der Waals surface area contributed by atoms with E-state index in [1.54, 1.807) is 6.08 Å². The van der Waals surface area contributed by atoms with E-state index < -0.39 is 11.9 Å². The molecule has 4 heteroatoms. The van der Waals surface area contributed by atoms with E-state index in [4.69, 9.17) is 9.47 Å². The molecular weight excluding hydrogens is 364 g/mol. The number of carbonyl (C=O) groups is 2. The third kappa shape index (κ3) is 8.68. The molecule has 2 rings (SSSR count). The Morgan fingerprint density at radius 1 is 1.00 bits per heavy atom. The van der Waals surface area contributed by atoms with Crippen molar-refractivity contribution in [3.05, 3.63) is 54.1 Å². The van der Waals surface area contributed by atoms with Crippen molar-refractivity contribution in [2.45, 2.75) is 64.2 Å². The zero-order valence-corrected chi connectivity index (χ0v) is 17.6. The predicted molar refractivity (Wildman–Crippen MR) is 116 cm³/mol. The quantitative estimate of drug-likeness (QED) is 0.267. The molecule has 0 aromatic heterocycles. The van der Waals surface area contributed by atoms with Crippen molar-refractivity contribution in [1.82, 2.24) is 0 Å². The molecule has 0 heterocycles. The molecule has 1 saturated carbocycles. The highest BCUT2D eigenvalue weighted by molar-refractivity contribution is 5.87. The van der Waals surface area contributed by atoms with E-state index in [1.165, 1.54) is 63.0 Å². The molecule has 0 bridgehead atoms. The Balaban J connectivity index is 1.71. The van der Waals surface area contributed by atoms with E-state index in [1.807, 2.05) is 0 Å². The van der Waals surface area contributed by atoms with Crippen molar-refractivity contribution < 1.29 is 19.1 Å². The molecule has 1 aromatic rings. The van der Waals surface area contributed by atoms with Crippen LogP contribution in [0.2, 0.25) is 0 Å². The van der Waals surface area contributed by atoms with Crippen LogP contribution in [0, 0.1) is 5.92 Å². The number of rotatable bonds is 11. The molecule has 0 N–H and O–H groups in total. The van der Waals surface area contributed by atoms with Gasteiger partial charge in [0.15, 0.2) is 0 Å². The van der Waals surface area contributed by atoms with Gasteiger partial charge in [-0.15, -0.1) is 0 Å². The maximum atomic E-state index is 11.7. The van der Waals surface area contributed by atoms with Crippen LogP contribution in [0.1, 0.15) is 75.3 Å². The van der Waals surface area contributed by atoms with Crippen LogP contribution in [0.5, 0.6) is 0 Å². The molecule has 0 atom stereocenters. The van der Waals surface area contributed by atoms with Gasteiger partial charge >= 0.3 is 11.9 Å². The van der Waals surface area contributed by atoms with Gasteiger partial charge in [0, 0.05) is 12.2 Å². The van der Waals surface area contributed by atoms with Gasteiger partial charge in [-0.25, -0.2) is 9.59 Å². The van der Waals surface area contributed by atoms with E-state index in [-0.39, 0.29) is 13.2 Å². The minimum Gasteiger partial charge on any atom is -0.459 e. The average Bonchev–Trinajstić information content (AvgIpc) is 2.76. The van der Waals surface area contributed by atoms with Crippen LogP contribution >= 0.6 is 0 Å². The molecule has 0 saturated heterocycles. The van der Waals surface area contributed by atoms with Crippen LogP contribution < -0.4 is 0 Å². The standard InChI is InChI=1S/C25H34O4/c1-3-5-6-7-20-8-13-22(14-9-20)23-15-10-21(11-16-23)12-17-25(27)29-19-18-28-24(26)4-2/h4,10-12,15-17,20,22H,2-3,5-9,13-14,18-19H2,1H3/b17-12+. The normalized spacial score (nSPS) is 19.1. The van der Waals surface area contributed by atoms with Crippen LogP contribution in [0.3, 0.4) is 0 Å². The zero-order chi connectivity index (χ0) is 20.9. The summed E-state index contributed by atoms with van der Waals surface area (Å²) in [5.74, 6) is 0.608. The van der Waals surface area contributed by atoms with E-state index in [0.717, 1.165) is 17.6 Å². The first-order valence-corrected chi connectivity index (χ1v) is 10.9. The fourth-order valence-corrected chi connectivity index (χ4v) is 3.90. The lowest BCUT2D eigenvalue weighted by Gasteiger charge is -2.29. The topological polar surface area (TPSA) is 52.6 Å². The van der Waals surface area contributed by atoms with Gasteiger partial charge in [-0.05, 0) is 54.7 Å². The SMILES string of the molecule is C=CC(=O)OCCOC(=O)/C=C/c1ccc(C2CCC(CCCCC)CC2)cc1. The summed E-state index contributed by atoms with van der Waals surface area (Å²) >= 11 is 0. The molecule has 29 heavy (non-hydrogen) atoms. The van der Waals surface area contributed by atoms with Crippen LogP contribution in [0.15, 0.2) is 43.0 Å². The lowest BCUT2D eigenvalue weighted by Crippen LogP contribution is -2.13. The molecule has 0 radical (unpaired) electrons. The molecule has 4 nitrogen and oxygen atoms in total. The maximum absolute atomic E-state index is 11.7. The van der Waals surface area contributed by atoms with Gasteiger partial charge in [0.1, 0.15) is 13.2 Å². The van der Waals surface area contributed by atoms with E-state index >= 15 is 0 Å². The number of hydrogen-bond donors (Lipinski definition) is 0. The van der Waals surface area contributed by atoms with Crippen LogP contribution in [0.25, 0.3) is 6.08 Å². The largest absolute Gasteiger partial charge is 0.459 e. The van der Waals surface area contributed by atoms with Crippen molar-refractivity contribution in [3.63, 3.8) is 0 Å². The highest BCUT2D eigenvalue weighted by Crippen LogP contribution is 2.37. The summed E-state index contributed by atoms with van der Waals surface area (Å²) in [4.78, 5) is 22.6. The highest BCUT2D eigenvalue weighted by Gasteiger charge is 2.21. The Bertz CT molecular complexity index is 667. The molecule has 0 spiro atoms. The number of hydrogen-bond acceptors (Lipinski definition) is 4. The Kier molecular flexibility index (Phi) is 10.3. The molecule has 1 aliphatic rings. The summed E-state index contributed by atoms with van der Waals surface area (Å²) in [7, 11) is 0. The summed E-state index contributed by atoms with van der Waals surface area (Å²) in [5, 5.41) is 0. The smallest absolute Gasteiger partial charge is 0.330 e. The second kappa shape index (κ2) is 13.0. The summed E-state index contributed by atoms with van der Waals surface area (Å²) in [6.07, 6.45) is 14.9. The number of ether oxygens (including phenoxy) is 2.